The number of aromatic nitrogens is 2. The van der Waals surface area contributed by atoms with Crippen LogP contribution in [0.2, 0.25) is 0 Å². The molecule has 4 heteroatoms. The van der Waals surface area contributed by atoms with Crippen molar-refractivity contribution in [1.82, 2.24) is 15.3 Å². The van der Waals surface area contributed by atoms with Crippen LogP contribution in [0.4, 0.5) is 0 Å². The van der Waals surface area contributed by atoms with Gasteiger partial charge in [0, 0.05) is 11.8 Å². The van der Waals surface area contributed by atoms with Crippen molar-refractivity contribution in [2.24, 2.45) is 5.92 Å². The monoisotopic (exact) mass is 193 g/mol. The average molecular weight is 193 g/mol. The van der Waals surface area contributed by atoms with Gasteiger partial charge in [0.2, 0.25) is 0 Å². The highest BCUT2D eigenvalue weighted by atomic mass is 16.1. The second-order valence-corrected chi connectivity index (χ2v) is 3.82. The molecule has 0 aliphatic carbocycles. The van der Waals surface area contributed by atoms with Gasteiger partial charge < -0.3 is 10.3 Å². The molecule has 1 unspecified atom stereocenters. The summed E-state index contributed by atoms with van der Waals surface area (Å²) in [7, 11) is 0. The number of H-pyrrole nitrogens is 1. The second-order valence-electron chi connectivity index (χ2n) is 3.82. The van der Waals surface area contributed by atoms with Crippen LogP contribution in [0.25, 0.3) is 0 Å². The van der Waals surface area contributed by atoms with E-state index in [2.05, 4.69) is 15.3 Å². The molecule has 2 heterocycles. The van der Waals surface area contributed by atoms with Gasteiger partial charge in [0.05, 0.1) is 6.33 Å². The number of nitrogens with zero attached hydrogens (tertiary/aromatic N) is 1. The van der Waals surface area contributed by atoms with Crippen LogP contribution in [0, 0.1) is 5.92 Å². The van der Waals surface area contributed by atoms with Gasteiger partial charge in [-0.05, 0) is 38.3 Å². The summed E-state index contributed by atoms with van der Waals surface area (Å²) in [5.74, 6) is 0.637. The Morgan fingerprint density at radius 3 is 3.21 bits per heavy atom. The van der Waals surface area contributed by atoms with E-state index in [1.165, 1.54) is 19.2 Å². The highest BCUT2D eigenvalue weighted by Crippen LogP contribution is 2.13. The van der Waals surface area contributed by atoms with Crippen molar-refractivity contribution in [2.75, 3.05) is 13.1 Å². The summed E-state index contributed by atoms with van der Waals surface area (Å²) in [6.07, 6.45) is 4.86. The van der Waals surface area contributed by atoms with Crippen molar-refractivity contribution in [3.63, 3.8) is 0 Å². The van der Waals surface area contributed by atoms with Crippen LogP contribution in [0.1, 0.15) is 18.5 Å². The van der Waals surface area contributed by atoms with E-state index >= 15 is 0 Å². The van der Waals surface area contributed by atoms with Gasteiger partial charge in [-0.25, -0.2) is 4.98 Å². The Kier molecular flexibility index (Phi) is 2.93. The molecule has 2 N–H and O–H groups in total. The Labute approximate surface area is 82.8 Å². The molecule has 1 saturated heterocycles. The lowest BCUT2D eigenvalue weighted by Gasteiger charge is -2.21. The first-order valence-corrected chi connectivity index (χ1v) is 5.09. The summed E-state index contributed by atoms with van der Waals surface area (Å²) in [6.45, 7) is 2.17. The molecular weight excluding hydrogens is 178 g/mol. The van der Waals surface area contributed by atoms with Crippen LogP contribution in [0.3, 0.4) is 0 Å². The van der Waals surface area contributed by atoms with Crippen LogP contribution in [0.5, 0.6) is 0 Å². The second kappa shape index (κ2) is 4.37. The molecule has 0 saturated carbocycles. The van der Waals surface area contributed by atoms with E-state index in [0.29, 0.717) is 5.92 Å². The number of nitrogens with one attached hydrogen (secondary N) is 2. The number of rotatable bonds is 2. The van der Waals surface area contributed by atoms with E-state index in [4.69, 9.17) is 0 Å². The molecule has 0 aromatic carbocycles. The molecule has 0 radical (unpaired) electrons. The Balaban J connectivity index is 1.99. The number of hydrogen-bond donors (Lipinski definition) is 2. The zero-order valence-corrected chi connectivity index (χ0v) is 8.12. The van der Waals surface area contributed by atoms with Crippen molar-refractivity contribution in [3.05, 3.63) is 28.4 Å². The first-order chi connectivity index (χ1) is 6.84. The molecule has 0 spiro atoms. The van der Waals surface area contributed by atoms with Crippen LogP contribution in [-0.2, 0) is 6.42 Å². The highest BCUT2D eigenvalue weighted by Gasteiger charge is 2.13. The molecule has 1 atom stereocenters. The fourth-order valence-corrected chi connectivity index (χ4v) is 1.91. The molecule has 1 aliphatic heterocycles. The van der Waals surface area contributed by atoms with E-state index in [-0.39, 0.29) is 5.56 Å². The fraction of sp³-hybridized carbons (Fsp3) is 0.600. The van der Waals surface area contributed by atoms with E-state index < -0.39 is 0 Å². The van der Waals surface area contributed by atoms with Crippen molar-refractivity contribution in [1.29, 1.82) is 0 Å². The fourth-order valence-electron chi connectivity index (χ4n) is 1.91. The number of aromatic amines is 1. The molecule has 14 heavy (non-hydrogen) atoms. The van der Waals surface area contributed by atoms with E-state index in [9.17, 15) is 4.79 Å². The van der Waals surface area contributed by atoms with E-state index in [0.717, 1.165) is 25.2 Å². The maximum Gasteiger partial charge on any atom is 0.250 e. The zero-order valence-electron chi connectivity index (χ0n) is 8.12. The molecule has 1 aromatic heterocycles. The Bertz CT molecular complexity index is 341. The van der Waals surface area contributed by atoms with Gasteiger partial charge in [-0.15, -0.1) is 0 Å². The smallest absolute Gasteiger partial charge is 0.250 e. The van der Waals surface area contributed by atoms with Crippen molar-refractivity contribution in [3.8, 4) is 0 Å². The van der Waals surface area contributed by atoms with Gasteiger partial charge in [-0.1, -0.05) is 0 Å². The topological polar surface area (TPSA) is 57.8 Å². The van der Waals surface area contributed by atoms with Crippen LogP contribution >= 0.6 is 0 Å². The van der Waals surface area contributed by atoms with Gasteiger partial charge >= 0.3 is 0 Å². The normalized spacial score (nSPS) is 22.1. The third-order valence-corrected chi connectivity index (χ3v) is 2.63. The SMILES string of the molecule is O=c1cc(CC2CCCNC2)nc[nH]1. The molecule has 1 fully saturated rings. The summed E-state index contributed by atoms with van der Waals surface area (Å²) in [5.41, 5.74) is 0.848. The van der Waals surface area contributed by atoms with Gasteiger partial charge in [-0.2, -0.15) is 0 Å². The lowest BCUT2D eigenvalue weighted by molar-refractivity contribution is 0.373. The number of piperidine rings is 1. The van der Waals surface area contributed by atoms with Crippen molar-refractivity contribution >= 4 is 0 Å². The molecule has 2 rings (SSSR count). The summed E-state index contributed by atoms with van der Waals surface area (Å²) in [6, 6.07) is 1.59. The molecule has 4 nitrogen and oxygen atoms in total. The highest BCUT2D eigenvalue weighted by molar-refractivity contribution is 5.00. The van der Waals surface area contributed by atoms with E-state index in [1.807, 2.05) is 0 Å². The summed E-state index contributed by atoms with van der Waals surface area (Å²) in [4.78, 5) is 17.7. The van der Waals surface area contributed by atoms with Gasteiger partial charge in [0.25, 0.3) is 5.56 Å². The minimum absolute atomic E-state index is 0.0567. The summed E-state index contributed by atoms with van der Waals surface area (Å²) < 4.78 is 0. The summed E-state index contributed by atoms with van der Waals surface area (Å²) >= 11 is 0. The van der Waals surface area contributed by atoms with Crippen molar-refractivity contribution < 1.29 is 0 Å². The largest absolute Gasteiger partial charge is 0.316 e. The average Bonchev–Trinajstić information content (AvgIpc) is 2.19. The molecule has 0 bridgehead atoms. The molecule has 76 valence electrons. The zero-order chi connectivity index (χ0) is 9.80. The van der Waals surface area contributed by atoms with Crippen molar-refractivity contribution in [2.45, 2.75) is 19.3 Å². The minimum Gasteiger partial charge on any atom is -0.316 e. The predicted molar refractivity (Wildman–Crippen MR) is 54.2 cm³/mol. The van der Waals surface area contributed by atoms with Crippen LogP contribution in [0.15, 0.2) is 17.2 Å². The molecular formula is C10H15N3O. The lowest BCUT2D eigenvalue weighted by atomic mass is 9.95. The maximum absolute atomic E-state index is 11.0. The van der Waals surface area contributed by atoms with Crippen LogP contribution in [-0.4, -0.2) is 23.1 Å². The lowest BCUT2D eigenvalue weighted by Crippen LogP contribution is -2.31. The standard InChI is InChI=1S/C10H15N3O/c14-10-5-9(12-7-13-10)4-8-2-1-3-11-6-8/h5,7-8,11H,1-4,6H2,(H,12,13,14). The summed E-state index contributed by atoms with van der Waals surface area (Å²) in [5, 5.41) is 3.36. The first kappa shape index (κ1) is 9.40. The Morgan fingerprint density at radius 2 is 2.50 bits per heavy atom. The quantitative estimate of drug-likeness (QED) is 0.710. The van der Waals surface area contributed by atoms with Gasteiger partial charge in [0.1, 0.15) is 0 Å². The molecule has 1 aliphatic rings. The van der Waals surface area contributed by atoms with Gasteiger partial charge in [0.15, 0.2) is 0 Å². The minimum atomic E-state index is -0.0567. The van der Waals surface area contributed by atoms with Crippen LogP contribution < -0.4 is 10.9 Å². The third-order valence-electron chi connectivity index (χ3n) is 2.63. The third kappa shape index (κ3) is 2.42. The Morgan fingerprint density at radius 1 is 1.57 bits per heavy atom. The predicted octanol–water partition coefficient (Wildman–Crippen LogP) is 0.312. The maximum atomic E-state index is 11.0. The Hall–Kier alpha value is -1.16. The molecule has 0 amide bonds. The molecule has 1 aromatic rings. The first-order valence-electron chi connectivity index (χ1n) is 5.09. The number of hydrogen-bond acceptors (Lipinski definition) is 3. The van der Waals surface area contributed by atoms with E-state index in [1.54, 1.807) is 6.07 Å². The van der Waals surface area contributed by atoms with Gasteiger partial charge in [-0.3, -0.25) is 4.79 Å².